The summed E-state index contributed by atoms with van der Waals surface area (Å²) in [5.41, 5.74) is 0. The molecule has 1 heterocycles. The highest BCUT2D eigenvalue weighted by Crippen LogP contribution is 2.02. The molecule has 1 aliphatic heterocycles. The zero-order valence-electron chi connectivity index (χ0n) is 8.03. The van der Waals surface area contributed by atoms with Crippen LogP contribution in [-0.4, -0.2) is 30.5 Å². The molecule has 0 aliphatic carbocycles. The summed E-state index contributed by atoms with van der Waals surface area (Å²) in [5.74, 6) is -0.151. The quantitative estimate of drug-likeness (QED) is 0.606. The van der Waals surface area contributed by atoms with E-state index < -0.39 is 0 Å². The third kappa shape index (κ3) is 3.92. The van der Waals surface area contributed by atoms with Gasteiger partial charge in [0.25, 0.3) is 0 Å². The number of nitrogens with zero attached hydrogens (tertiary/aromatic N) is 2. The van der Waals surface area contributed by atoms with Gasteiger partial charge in [-0.3, -0.25) is 4.99 Å². The van der Waals surface area contributed by atoms with Gasteiger partial charge in [0.05, 0.1) is 13.1 Å². The Morgan fingerprint density at radius 1 is 1.62 bits per heavy atom. The predicted octanol–water partition coefficient (Wildman–Crippen LogP) is 1.37. The fourth-order valence-electron chi connectivity index (χ4n) is 1.13. The average Bonchev–Trinajstić information content (AvgIpc) is 2.57. The Morgan fingerprint density at radius 2 is 2.46 bits per heavy atom. The van der Waals surface area contributed by atoms with Gasteiger partial charge in [0.2, 0.25) is 0 Å². The molecule has 1 aliphatic rings. The normalized spacial score (nSPS) is 15.0. The zero-order chi connectivity index (χ0) is 9.52. The maximum atomic E-state index is 11.1. The lowest BCUT2D eigenvalue weighted by molar-refractivity contribution is -0.170. The summed E-state index contributed by atoms with van der Waals surface area (Å²) < 4.78 is 0. The van der Waals surface area contributed by atoms with E-state index in [2.05, 4.69) is 11.9 Å². The van der Waals surface area contributed by atoms with Crippen LogP contribution in [0.4, 0.5) is 0 Å². The molecule has 0 fully saturated rings. The smallest absolute Gasteiger partial charge is 0.332 e. The minimum Gasteiger partial charge on any atom is -0.340 e. The van der Waals surface area contributed by atoms with Gasteiger partial charge in [-0.25, -0.2) is 4.79 Å². The average molecular weight is 184 g/mol. The molecule has 0 spiro atoms. The molecule has 0 aromatic rings. The molecule has 0 unspecified atom stereocenters. The Kier molecular flexibility index (Phi) is 4.29. The maximum absolute atomic E-state index is 11.1. The van der Waals surface area contributed by atoms with Crippen molar-refractivity contribution in [2.24, 2.45) is 4.99 Å². The van der Waals surface area contributed by atoms with Crippen molar-refractivity contribution >= 4 is 12.3 Å². The zero-order valence-corrected chi connectivity index (χ0v) is 8.03. The SMILES string of the molecule is CCCCCC(=O)ON1C=NCC1. The first-order valence-electron chi connectivity index (χ1n) is 4.80. The van der Waals surface area contributed by atoms with E-state index >= 15 is 0 Å². The Labute approximate surface area is 78.5 Å². The Balaban J connectivity index is 2.06. The second-order valence-electron chi connectivity index (χ2n) is 3.08. The van der Waals surface area contributed by atoms with E-state index in [9.17, 15) is 4.79 Å². The Hall–Kier alpha value is -1.06. The summed E-state index contributed by atoms with van der Waals surface area (Å²) in [6, 6.07) is 0. The van der Waals surface area contributed by atoms with Crippen LogP contribution in [-0.2, 0) is 9.63 Å². The van der Waals surface area contributed by atoms with E-state index in [4.69, 9.17) is 4.84 Å². The topological polar surface area (TPSA) is 41.9 Å². The van der Waals surface area contributed by atoms with Crippen LogP contribution in [0.2, 0.25) is 0 Å². The highest BCUT2D eigenvalue weighted by atomic mass is 16.7. The first-order chi connectivity index (χ1) is 6.33. The minimum absolute atomic E-state index is 0.151. The van der Waals surface area contributed by atoms with Crippen molar-refractivity contribution in [2.75, 3.05) is 13.1 Å². The molecule has 0 radical (unpaired) electrons. The molecule has 4 heteroatoms. The lowest BCUT2D eigenvalue weighted by atomic mass is 10.2. The summed E-state index contributed by atoms with van der Waals surface area (Å²) >= 11 is 0. The fourth-order valence-corrected chi connectivity index (χ4v) is 1.13. The van der Waals surface area contributed by atoms with Crippen LogP contribution in [0.5, 0.6) is 0 Å². The molecule has 0 saturated heterocycles. The van der Waals surface area contributed by atoms with E-state index in [1.54, 1.807) is 6.34 Å². The van der Waals surface area contributed by atoms with Crippen molar-refractivity contribution in [1.82, 2.24) is 5.06 Å². The third-order valence-corrected chi connectivity index (χ3v) is 1.86. The third-order valence-electron chi connectivity index (χ3n) is 1.86. The Bertz CT molecular complexity index is 192. The van der Waals surface area contributed by atoms with Gasteiger partial charge in [0.15, 0.2) is 0 Å². The molecule has 4 nitrogen and oxygen atoms in total. The van der Waals surface area contributed by atoms with Gasteiger partial charge >= 0.3 is 5.97 Å². The number of hydrogen-bond donors (Lipinski definition) is 0. The molecule has 0 N–H and O–H groups in total. The number of carbonyl (C=O) groups excluding carboxylic acids is 1. The van der Waals surface area contributed by atoms with Crippen molar-refractivity contribution in [3.8, 4) is 0 Å². The second-order valence-corrected chi connectivity index (χ2v) is 3.08. The van der Waals surface area contributed by atoms with E-state index in [0.717, 1.165) is 25.8 Å². The summed E-state index contributed by atoms with van der Waals surface area (Å²) in [6.07, 6.45) is 5.21. The molecule has 74 valence electrons. The molecule has 0 bridgehead atoms. The van der Waals surface area contributed by atoms with Crippen LogP contribution in [0, 0.1) is 0 Å². The van der Waals surface area contributed by atoms with Crippen LogP contribution < -0.4 is 0 Å². The molecular weight excluding hydrogens is 168 g/mol. The van der Waals surface area contributed by atoms with Crippen LogP contribution in [0.1, 0.15) is 32.6 Å². The molecule has 0 amide bonds. The lowest BCUT2D eigenvalue weighted by Crippen LogP contribution is -2.24. The van der Waals surface area contributed by atoms with Gasteiger partial charge < -0.3 is 4.84 Å². The van der Waals surface area contributed by atoms with Gasteiger partial charge in [-0.15, -0.1) is 0 Å². The molecule has 0 atom stereocenters. The van der Waals surface area contributed by atoms with Crippen LogP contribution in [0.15, 0.2) is 4.99 Å². The van der Waals surface area contributed by atoms with E-state index in [0.29, 0.717) is 13.0 Å². The number of rotatable bonds is 5. The summed E-state index contributed by atoms with van der Waals surface area (Å²) in [5, 5.41) is 1.49. The van der Waals surface area contributed by atoms with Crippen molar-refractivity contribution in [1.29, 1.82) is 0 Å². The number of hydrogen-bond acceptors (Lipinski definition) is 4. The second kappa shape index (κ2) is 5.56. The van der Waals surface area contributed by atoms with Crippen molar-refractivity contribution in [2.45, 2.75) is 32.6 Å². The van der Waals surface area contributed by atoms with Gasteiger partial charge in [0.1, 0.15) is 6.34 Å². The monoisotopic (exact) mass is 184 g/mol. The van der Waals surface area contributed by atoms with Crippen LogP contribution in [0.3, 0.4) is 0 Å². The van der Waals surface area contributed by atoms with Crippen molar-refractivity contribution in [3.63, 3.8) is 0 Å². The molecule has 0 aromatic heterocycles. The minimum atomic E-state index is -0.151. The van der Waals surface area contributed by atoms with Gasteiger partial charge in [-0.2, -0.15) is 5.06 Å². The molecular formula is C9H16N2O2. The van der Waals surface area contributed by atoms with Gasteiger partial charge in [0, 0.05) is 6.42 Å². The highest BCUT2D eigenvalue weighted by molar-refractivity contribution is 5.70. The summed E-state index contributed by atoms with van der Waals surface area (Å²) in [6.45, 7) is 3.53. The van der Waals surface area contributed by atoms with Crippen molar-refractivity contribution in [3.05, 3.63) is 0 Å². The van der Waals surface area contributed by atoms with Gasteiger partial charge in [-0.05, 0) is 6.42 Å². The number of aliphatic imine (C=N–C) groups is 1. The first kappa shape index (κ1) is 10.0. The number of carbonyl (C=O) groups is 1. The van der Waals surface area contributed by atoms with Crippen molar-refractivity contribution < 1.29 is 9.63 Å². The maximum Gasteiger partial charge on any atom is 0.332 e. The van der Waals surface area contributed by atoms with Gasteiger partial charge in [-0.1, -0.05) is 19.8 Å². The number of unbranched alkanes of at least 4 members (excludes halogenated alkanes) is 2. The molecule has 1 rings (SSSR count). The molecule has 0 saturated carbocycles. The summed E-state index contributed by atoms with van der Waals surface area (Å²) in [4.78, 5) is 20.1. The van der Waals surface area contributed by atoms with E-state index in [1.165, 1.54) is 5.06 Å². The van der Waals surface area contributed by atoms with Crippen LogP contribution in [0.25, 0.3) is 0 Å². The highest BCUT2D eigenvalue weighted by Gasteiger charge is 2.10. The van der Waals surface area contributed by atoms with Crippen LogP contribution >= 0.6 is 0 Å². The Morgan fingerprint density at radius 3 is 3.08 bits per heavy atom. The molecule has 13 heavy (non-hydrogen) atoms. The largest absolute Gasteiger partial charge is 0.340 e. The van der Waals surface area contributed by atoms with E-state index in [-0.39, 0.29) is 5.97 Å². The lowest BCUT2D eigenvalue weighted by Gasteiger charge is -2.12. The molecule has 0 aromatic carbocycles. The fraction of sp³-hybridized carbons (Fsp3) is 0.778. The van der Waals surface area contributed by atoms with E-state index in [1.807, 2.05) is 0 Å². The number of hydroxylamine groups is 2. The predicted molar refractivity (Wildman–Crippen MR) is 50.3 cm³/mol. The summed E-state index contributed by atoms with van der Waals surface area (Å²) in [7, 11) is 0. The first-order valence-corrected chi connectivity index (χ1v) is 4.80. The standard InChI is InChI=1S/C9H16N2O2/c1-2-3-4-5-9(12)13-11-7-6-10-8-11/h8H,2-7H2,1H3.